The molecule has 3 fully saturated rings. The van der Waals surface area contributed by atoms with Crippen molar-refractivity contribution in [1.29, 1.82) is 0 Å². The van der Waals surface area contributed by atoms with Gasteiger partial charge in [0.2, 0.25) is 11.8 Å². The number of unbranched alkanes of at least 4 members (excludes halogenated alkanes) is 1. The van der Waals surface area contributed by atoms with Crippen LogP contribution in [0.25, 0.3) is 0 Å². The number of likely N-dealkylation sites (tertiary alicyclic amines) is 1. The number of amides is 2. The molecule has 6 atom stereocenters. The van der Waals surface area contributed by atoms with E-state index in [2.05, 4.69) is 33.9 Å². The van der Waals surface area contributed by atoms with Gasteiger partial charge in [-0.1, -0.05) is 39.8 Å². The molecule has 2 unspecified atom stereocenters. The Morgan fingerprint density at radius 3 is 2.44 bits per heavy atom. The number of aliphatic hydroxyl groups excluding tert-OH is 1. The average molecular weight is 547 g/mol. The lowest BCUT2D eigenvalue weighted by Gasteiger charge is -2.46. The molecule has 8 nitrogen and oxygen atoms in total. The van der Waals surface area contributed by atoms with Crippen LogP contribution in [0.4, 0.5) is 0 Å². The van der Waals surface area contributed by atoms with E-state index in [1.807, 2.05) is 27.7 Å². The maximum atomic E-state index is 14.7. The van der Waals surface area contributed by atoms with Crippen molar-refractivity contribution in [2.45, 2.75) is 116 Å². The number of hydrogen-bond acceptors (Lipinski definition) is 6. The first kappa shape index (κ1) is 31.3. The van der Waals surface area contributed by atoms with Crippen molar-refractivity contribution >= 4 is 17.8 Å². The monoisotopic (exact) mass is 546 g/mol. The number of allylic oxidation sites excluding steroid dienone is 1. The molecule has 0 aromatic rings. The number of nitrogens with zero attached hydrogens (tertiary/aromatic N) is 2. The van der Waals surface area contributed by atoms with Crippen molar-refractivity contribution in [2.24, 2.45) is 17.3 Å². The van der Waals surface area contributed by atoms with E-state index in [0.717, 1.165) is 12.8 Å². The second-order valence-corrected chi connectivity index (χ2v) is 13.6. The van der Waals surface area contributed by atoms with Gasteiger partial charge in [-0.25, -0.2) is 0 Å². The number of carbonyl (C=O) groups excluding carboxylic acids is 3. The van der Waals surface area contributed by atoms with Crippen LogP contribution in [0, 0.1) is 17.3 Å². The highest BCUT2D eigenvalue weighted by molar-refractivity contribution is 5.99. The predicted molar refractivity (Wildman–Crippen MR) is 151 cm³/mol. The van der Waals surface area contributed by atoms with Crippen LogP contribution < -0.4 is 0 Å². The third-order valence-electron chi connectivity index (χ3n) is 8.85. The minimum atomic E-state index is -1.16. The van der Waals surface area contributed by atoms with E-state index in [9.17, 15) is 19.5 Å². The fourth-order valence-corrected chi connectivity index (χ4v) is 7.60. The molecule has 0 radical (unpaired) electrons. The lowest BCUT2D eigenvalue weighted by molar-refractivity contribution is -0.163. The summed E-state index contributed by atoms with van der Waals surface area (Å²) in [6.07, 6.45) is 7.08. The van der Waals surface area contributed by atoms with Crippen molar-refractivity contribution in [2.75, 3.05) is 19.8 Å². The van der Waals surface area contributed by atoms with Crippen molar-refractivity contribution < 1.29 is 29.0 Å². The van der Waals surface area contributed by atoms with Crippen molar-refractivity contribution in [3.63, 3.8) is 0 Å². The third kappa shape index (κ3) is 5.56. The molecule has 3 aliphatic rings. The van der Waals surface area contributed by atoms with E-state index >= 15 is 0 Å². The van der Waals surface area contributed by atoms with Crippen molar-refractivity contribution in [3.8, 4) is 0 Å². The Bertz CT molecular complexity index is 967. The molecule has 3 aliphatic heterocycles. The van der Waals surface area contributed by atoms with Gasteiger partial charge in [-0.2, -0.15) is 0 Å². The normalized spacial score (nSPS) is 30.7. The fourth-order valence-electron chi connectivity index (χ4n) is 7.60. The van der Waals surface area contributed by atoms with E-state index in [-0.39, 0.29) is 30.4 Å². The molecule has 2 bridgehead atoms. The van der Waals surface area contributed by atoms with Gasteiger partial charge >= 0.3 is 5.97 Å². The summed E-state index contributed by atoms with van der Waals surface area (Å²) in [5.74, 6) is -2.64. The van der Waals surface area contributed by atoms with E-state index < -0.39 is 46.6 Å². The first-order valence-electron chi connectivity index (χ1n) is 14.5. The highest BCUT2D eigenvalue weighted by atomic mass is 16.6. The number of rotatable bonds is 13. The van der Waals surface area contributed by atoms with Gasteiger partial charge in [0.05, 0.1) is 30.8 Å². The molecule has 39 heavy (non-hydrogen) atoms. The van der Waals surface area contributed by atoms with Gasteiger partial charge in [-0.3, -0.25) is 14.4 Å². The molecule has 0 aromatic carbocycles. The van der Waals surface area contributed by atoms with Crippen molar-refractivity contribution in [3.05, 3.63) is 25.3 Å². The van der Waals surface area contributed by atoms with Gasteiger partial charge in [0.1, 0.15) is 17.6 Å². The number of hydrogen-bond donors (Lipinski definition) is 1. The third-order valence-corrected chi connectivity index (χ3v) is 8.85. The van der Waals surface area contributed by atoms with Crippen molar-refractivity contribution in [1.82, 2.24) is 9.80 Å². The molecular weight excluding hydrogens is 496 g/mol. The predicted octanol–water partition coefficient (Wildman–Crippen LogP) is 4.26. The number of carbonyl (C=O) groups is 3. The Kier molecular flexibility index (Phi) is 9.13. The van der Waals surface area contributed by atoms with Gasteiger partial charge < -0.3 is 24.4 Å². The molecule has 8 heteroatoms. The first-order chi connectivity index (χ1) is 18.1. The van der Waals surface area contributed by atoms with Crippen LogP contribution in [-0.4, -0.2) is 81.3 Å². The van der Waals surface area contributed by atoms with Gasteiger partial charge in [0.25, 0.3) is 0 Å². The molecule has 1 N–H and O–H groups in total. The van der Waals surface area contributed by atoms with E-state index in [4.69, 9.17) is 9.47 Å². The Hall–Kier alpha value is -2.19. The second kappa shape index (κ2) is 11.4. The molecule has 3 heterocycles. The maximum absolute atomic E-state index is 14.7. The van der Waals surface area contributed by atoms with Gasteiger partial charge in [0.15, 0.2) is 0 Å². The summed E-state index contributed by atoms with van der Waals surface area (Å²) in [4.78, 5) is 45.8. The van der Waals surface area contributed by atoms with Crippen LogP contribution in [0.3, 0.4) is 0 Å². The van der Waals surface area contributed by atoms with E-state index in [1.54, 1.807) is 22.0 Å². The largest absolute Gasteiger partial charge is 0.465 e. The zero-order chi connectivity index (χ0) is 29.4. The fraction of sp³-hybridized carbons (Fsp3) is 0.774. The quantitative estimate of drug-likeness (QED) is 0.211. The highest BCUT2D eigenvalue weighted by Crippen LogP contribution is 2.64. The number of fused-ring (bicyclic) bond motifs is 1. The Balaban J connectivity index is 2.09. The molecule has 1 spiro atoms. The smallest absolute Gasteiger partial charge is 0.312 e. The molecule has 0 aromatic heterocycles. The topological polar surface area (TPSA) is 96.4 Å². The molecule has 220 valence electrons. The Morgan fingerprint density at radius 1 is 1.23 bits per heavy atom. The lowest BCUT2D eigenvalue weighted by atomic mass is 9.66. The first-order valence-corrected chi connectivity index (χ1v) is 14.5. The molecule has 3 saturated heterocycles. The zero-order valence-electron chi connectivity index (χ0n) is 25.1. The molecule has 2 amide bonds. The maximum Gasteiger partial charge on any atom is 0.312 e. The minimum Gasteiger partial charge on any atom is -0.465 e. The van der Waals surface area contributed by atoms with Crippen LogP contribution >= 0.6 is 0 Å². The molecule has 0 aliphatic carbocycles. The minimum absolute atomic E-state index is 0.0531. The summed E-state index contributed by atoms with van der Waals surface area (Å²) in [6.45, 7) is 22.1. The summed E-state index contributed by atoms with van der Waals surface area (Å²) in [7, 11) is 0. The Labute approximate surface area is 234 Å². The summed E-state index contributed by atoms with van der Waals surface area (Å²) in [5, 5.41) is 10.3. The SMILES string of the molecule is C=CCCCOC(=O)[C@@H]1[C@H]2C(=O)N([C@@H](CC)CO)C(C(=O)N(CC=C)C(C)(C)CC(C)(C)C)C23CC[C@@]1(C)O3. The van der Waals surface area contributed by atoms with E-state index in [0.29, 0.717) is 32.2 Å². The van der Waals surface area contributed by atoms with Crippen LogP contribution in [0.5, 0.6) is 0 Å². The summed E-state index contributed by atoms with van der Waals surface area (Å²) >= 11 is 0. The van der Waals surface area contributed by atoms with Crippen LogP contribution in [0.2, 0.25) is 0 Å². The number of esters is 1. The zero-order valence-corrected chi connectivity index (χ0v) is 25.1. The van der Waals surface area contributed by atoms with Crippen LogP contribution in [-0.2, 0) is 23.9 Å². The number of ether oxygens (including phenoxy) is 2. The highest BCUT2D eigenvalue weighted by Gasteiger charge is 2.79. The number of aliphatic hydroxyl groups is 1. The van der Waals surface area contributed by atoms with Gasteiger partial charge in [-0.15, -0.1) is 13.2 Å². The standard InChI is InChI=1S/C31H50N2O6/c1-10-13-14-18-38-27(37)23-22-25(35)33(21(12-3)19-34)24(31(22)16-15-30(23,9)39-31)26(36)32(17-11-2)29(7,8)20-28(4,5)6/h10-11,21-24,34H,1-2,12-20H2,3-9H3/t21-,22-,23-,24?,30+,31?/m0/s1. The second-order valence-electron chi connectivity index (χ2n) is 13.6. The van der Waals surface area contributed by atoms with E-state index in [1.165, 1.54) is 0 Å². The molecule has 0 saturated carbocycles. The van der Waals surface area contributed by atoms with Gasteiger partial charge in [0, 0.05) is 12.1 Å². The Morgan fingerprint density at radius 2 is 1.90 bits per heavy atom. The molecule has 3 rings (SSSR count). The van der Waals surface area contributed by atoms with Gasteiger partial charge in [-0.05, 0) is 64.7 Å². The average Bonchev–Trinajstić information content (AvgIpc) is 3.40. The molecular formula is C31H50N2O6. The summed E-state index contributed by atoms with van der Waals surface area (Å²) in [5.41, 5.74) is -2.65. The summed E-state index contributed by atoms with van der Waals surface area (Å²) < 4.78 is 12.4. The van der Waals surface area contributed by atoms with Crippen LogP contribution in [0.15, 0.2) is 25.3 Å². The lowest BCUT2D eigenvalue weighted by Crippen LogP contribution is -2.62. The summed E-state index contributed by atoms with van der Waals surface area (Å²) in [6, 6.07) is -1.52. The van der Waals surface area contributed by atoms with Crippen LogP contribution in [0.1, 0.15) is 87.0 Å².